The summed E-state index contributed by atoms with van der Waals surface area (Å²) in [5, 5.41) is 7.71. The number of hydrogen-bond acceptors (Lipinski definition) is 3. The average Bonchev–Trinajstić information content (AvgIpc) is 2.77. The van der Waals surface area contributed by atoms with Gasteiger partial charge in [-0.1, -0.05) is 6.92 Å². The van der Waals surface area contributed by atoms with Crippen molar-refractivity contribution >= 4 is 0 Å². The molecule has 0 bridgehead atoms. The molecular formula is C13H24N4. The van der Waals surface area contributed by atoms with Crippen LogP contribution in [0.3, 0.4) is 0 Å². The smallest absolute Gasteiger partial charge is 0.0492 e. The highest BCUT2D eigenvalue weighted by molar-refractivity contribution is 5.00. The average molecular weight is 236 g/mol. The van der Waals surface area contributed by atoms with Crippen LogP contribution in [0.1, 0.15) is 25.5 Å². The quantitative estimate of drug-likeness (QED) is 0.829. The van der Waals surface area contributed by atoms with Gasteiger partial charge in [-0.15, -0.1) is 0 Å². The maximum absolute atomic E-state index is 4.22. The Kier molecular flexibility index (Phi) is 4.57. The van der Waals surface area contributed by atoms with Crippen molar-refractivity contribution in [2.24, 2.45) is 7.05 Å². The van der Waals surface area contributed by atoms with Crippen LogP contribution in [0.4, 0.5) is 0 Å². The van der Waals surface area contributed by atoms with Crippen molar-refractivity contribution in [1.82, 2.24) is 20.0 Å². The van der Waals surface area contributed by atoms with Crippen LogP contribution in [-0.2, 0) is 13.5 Å². The number of nitrogens with zero attached hydrogens (tertiary/aromatic N) is 3. The zero-order valence-corrected chi connectivity index (χ0v) is 11.0. The van der Waals surface area contributed by atoms with E-state index < -0.39 is 0 Å². The summed E-state index contributed by atoms with van der Waals surface area (Å²) < 4.78 is 1.98. The highest BCUT2D eigenvalue weighted by Gasteiger charge is 2.19. The summed E-state index contributed by atoms with van der Waals surface area (Å²) in [5.74, 6) is 0. The van der Waals surface area contributed by atoms with Gasteiger partial charge in [0, 0.05) is 44.5 Å². The maximum atomic E-state index is 4.22. The Balaban J connectivity index is 1.84. The lowest BCUT2D eigenvalue weighted by molar-refractivity contribution is 0.175. The lowest BCUT2D eigenvalue weighted by Crippen LogP contribution is -2.46. The summed E-state index contributed by atoms with van der Waals surface area (Å²) in [6, 6.07) is 2.84. The molecule has 0 aliphatic carbocycles. The number of piperidine rings is 1. The molecule has 17 heavy (non-hydrogen) atoms. The summed E-state index contributed by atoms with van der Waals surface area (Å²) in [4.78, 5) is 2.60. The number of rotatable bonds is 5. The predicted octanol–water partition coefficient (Wildman–Crippen LogP) is 1.04. The first kappa shape index (κ1) is 12.6. The molecule has 1 aliphatic rings. The highest BCUT2D eigenvalue weighted by atomic mass is 15.3. The molecule has 1 atom stereocenters. The minimum atomic E-state index is 0.724. The van der Waals surface area contributed by atoms with Gasteiger partial charge in [0.05, 0.1) is 0 Å². The SMILES string of the molecule is CCN(CCc1ccnn1C)C1CCCNC1. The first-order chi connectivity index (χ1) is 8.31. The molecule has 0 saturated carbocycles. The molecular weight excluding hydrogens is 212 g/mol. The monoisotopic (exact) mass is 236 g/mol. The Morgan fingerprint density at radius 3 is 3.06 bits per heavy atom. The lowest BCUT2D eigenvalue weighted by atomic mass is 10.1. The van der Waals surface area contributed by atoms with E-state index in [0.29, 0.717) is 0 Å². The number of likely N-dealkylation sites (N-methyl/N-ethyl adjacent to an activating group) is 1. The van der Waals surface area contributed by atoms with Crippen LogP contribution in [0.15, 0.2) is 12.3 Å². The molecule has 0 spiro atoms. The van der Waals surface area contributed by atoms with Crippen molar-refractivity contribution in [3.63, 3.8) is 0 Å². The Labute approximate surface area is 104 Å². The van der Waals surface area contributed by atoms with E-state index in [9.17, 15) is 0 Å². The second-order valence-electron chi connectivity index (χ2n) is 4.82. The van der Waals surface area contributed by atoms with Crippen LogP contribution >= 0.6 is 0 Å². The highest BCUT2D eigenvalue weighted by Crippen LogP contribution is 2.11. The minimum Gasteiger partial charge on any atom is -0.315 e. The third-order valence-corrected chi connectivity index (χ3v) is 3.77. The standard InChI is InChI=1S/C13H24N4/c1-3-17(13-5-4-8-14-11-13)10-7-12-6-9-15-16(12)2/h6,9,13-14H,3-5,7-8,10-11H2,1-2H3. The number of aromatic nitrogens is 2. The molecule has 1 fully saturated rings. The van der Waals surface area contributed by atoms with Crippen LogP contribution < -0.4 is 5.32 Å². The second-order valence-corrected chi connectivity index (χ2v) is 4.82. The normalized spacial score (nSPS) is 21.0. The van der Waals surface area contributed by atoms with Gasteiger partial charge in [0.2, 0.25) is 0 Å². The maximum Gasteiger partial charge on any atom is 0.0492 e. The zero-order valence-electron chi connectivity index (χ0n) is 11.0. The number of aryl methyl sites for hydroxylation is 1. The van der Waals surface area contributed by atoms with Crippen molar-refractivity contribution in [1.29, 1.82) is 0 Å². The van der Waals surface area contributed by atoms with Gasteiger partial charge in [0.15, 0.2) is 0 Å². The van der Waals surface area contributed by atoms with Gasteiger partial charge in [0.25, 0.3) is 0 Å². The van der Waals surface area contributed by atoms with E-state index in [-0.39, 0.29) is 0 Å². The van der Waals surface area contributed by atoms with Crippen molar-refractivity contribution in [3.8, 4) is 0 Å². The molecule has 4 nitrogen and oxygen atoms in total. The molecule has 2 rings (SSSR count). The molecule has 1 unspecified atom stereocenters. The number of nitrogens with one attached hydrogen (secondary N) is 1. The summed E-state index contributed by atoms with van der Waals surface area (Å²) in [6.45, 7) is 6.89. The third kappa shape index (κ3) is 3.30. The molecule has 4 heteroatoms. The van der Waals surface area contributed by atoms with Gasteiger partial charge < -0.3 is 5.32 Å². The second kappa shape index (κ2) is 6.17. The van der Waals surface area contributed by atoms with E-state index in [4.69, 9.17) is 0 Å². The van der Waals surface area contributed by atoms with Gasteiger partial charge in [-0.3, -0.25) is 9.58 Å². The first-order valence-electron chi connectivity index (χ1n) is 6.73. The Morgan fingerprint density at radius 2 is 2.47 bits per heavy atom. The molecule has 1 saturated heterocycles. The molecule has 1 aliphatic heterocycles. The molecule has 2 heterocycles. The fourth-order valence-corrected chi connectivity index (χ4v) is 2.65. The molecule has 1 N–H and O–H groups in total. The van der Waals surface area contributed by atoms with Crippen molar-refractivity contribution < 1.29 is 0 Å². The molecule has 1 aromatic rings. The molecule has 0 aromatic carbocycles. The van der Waals surface area contributed by atoms with E-state index in [0.717, 1.165) is 32.1 Å². The van der Waals surface area contributed by atoms with Crippen LogP contribution in [0.25, 0.3) is 0 Å². The fraction of sp³-hybridized carbons (Fsp3) is 0.769. The molecule has 96 valence electrons. The zero-order chi connectivity index (χ0) is 12.1. The summed E-state index contributed by atoms with van der Waals surface area (Å²) >= 11 is 0. The molecule has 1 aromatic heterocycles. The Bertz CT molecular complexity index is 328. The van der Waals surface area contributed by atoms with Gasteiger partial charge in [0.1, 0.15) is 0 Å². The third-order valence-electron chi connectivity index (χ3n) is 3.77. The van der Waals surface area contributed by atoms with E-state index >= 15 is 0 Å². The van der Waals surface area contributed by atoms with Gasteiger partial charge >= 0.3 is 0 Å². The van der Waals surface area contributed by atoms with Crippen molar-refractivity contribution in [3.05, 3.63) is 18.0 Å². The summed E-state index contributed by atoms with van der Waals surface area (Å²) in [5.41, 5.74) is 1.33. The van der Waals surface area contributed by atoms with Crippen molar-refractivity contribution in [2.75, 3.05) is 26.2 Å². The van der Waals surface area contributed by atoms with E-state index in [1.54, 1.807) is 0 Å². The van der Waals surface area contributed by atoms with Gasteiger partial charge in [-0.25, -0.2) is 0 Å². The van der Waals surface area contributed by atoms with Crippen LogP contribution in [0.5, 0.6) is 0 Å². The van der Waals surface area contributed by atoms with E-state index in [1.807, 2.05) is 17.9 Å². The van der Waals surface area contributed by atoms with Crippen LogP contribution in [-0.4, -0.2) is 46.9 Å². The lowest BCUT2D eigenvalue weighted by Gasteiger charge is -2.33. The minimum absolute atomic E-state index is 0.724. The van der Waals surface area contributed by atoms with Gasteiger partial charge in [-0.2, -0.15) is 5.10 Å². The molecule has 0 amide bonds. The Hall–Kier alpha value is -0.870. The van der Waals surface area contributed by atoms with Crippen molar-refractivity contribution in [2.45, 2.75) is 32.2 Å². The fourth-order valence-electron chi connectivity index (χ4n) is 2.65. The first-order valence-corrected chi connectivity index (χ1v) is 6.73. The summed E-state index contributed by atoms with van der Waals surface area (Å²) in [7, 11) is 2.02. The topological polar surface area (TPSA) is 33.1 Å². The van der Waals surface area contributed by atoms with E-state index in [2.05, 4.69) is 28.3 Å². The predicted molar refractivity (Wildman–Crippen MR) is 70.1 cm³/mol. The van der Waals surface area contributed by atoms with Crippen LogP contribution in [0, 0.1) is 0 Å². The number of hydrogen-bond donors (Lipinski definition) is 1. The van der Waals surface area contributed by atoms with Crippen LogP contribution in [0.2, 0.25) is 0 Å². The molecule has 0 radical (unpaired) electrons. The Morgan fingerprint density at radius 1 is 1.59 bits per heavy atom. The largest absolute Gasteiger partial charge is 0.315 e. The summed E-state index contributed by atoms with van der Waals surface area (Å²) in [6.07, 6.45) is 5.63. The van der Waals surface area contributed by atoms with E-state index in [1.165, 1.54) is 25.1 Å². The van der Waals surface area contributed by atoms with Gasteiger partial charge in [-0.05, 0) is 32.0 Å².